The minimum atomic E-state index is 0.399. The molecule has 2 aromatic heterocycles. The van der Waals surface area contributed by atoms with Crippen LogP contribution in [0.15, 0.2) is 67.0 Å². The summed E-state index contributed by atoms with van der Waals surface area (Å²) in [5.41, 5.74) is 3.02. The van der Waals surface area contributed by atoms with Gasteiger partial charge in [0.1, 0.15) is 19.0 Å². The molecule has 0 saturated heterocycles. The highest BCUT2D eigenvalue weighted by atomic mass is 35.5. The van der Waals surface area contributed by atoms with Crippen molar-refractivity contribution in [2.75, 3.05) is 19.8 Å². The van der Waals surface area contributed by atoms with Crippen LogP contribution in [-0.4, -0.2) is 34.5 Å². The van der Waals surface area contributed by atoms with E-state index in [1.807, 2.05) is 72.7 Å². The average Bonchev–Trinajstić information content (AvgIpc) is 3.20. The van der Waals surface area contributed by atoms with E-state index in [1.165, 1.54) is 5.56 Å². The first-order valence-electron chi connectivity index (χ1n) is 10.3. The average molecular weight is 437 g/mol. The van der Waals surface area contributed by atoms with Gasteiger partial charge in [-0.15, -0.1) is 0 Å². The van der Waals surface area contributed by atoms with E-state index in [4.69, 9.17) is 26.1 Å². The van der Waals surface area contributed by atoms with E-state index in [9.17, 15) is 0 Å². The van der Waals surface area contributed by atoms with Gasteiger partial charge in [0, 0.05) is 35.8 Å². The number of fused-ring (bicyclic) bond motifs is 1. The predicted molar refractivity (Wildman–Crippen MR) is 123 cm³/mol. The molecular weight excluding hydrogens is 412 g/mol. The summed E-state index contributed by atoms with van der Waals surface area (Å²) in [7, 11) is 1.93. The first-order valence-corrected chi connectivity index (χ1v) is 10.6. The fraction of sp³-hybridized carbons (Fsp3) is 0.250. The minimum Gasteiger partial charge on any atom is -0.490 e. The molecule has 1 N–H and O–H groups in total. The van der Waals surface area contributed by atoms with Crippen LogP contribution in [-0.2, 0) is 20.0 Å². The van der Waals surface area contributed by atoms with Gasteiger partial charge in [-0.25, -0.2) is 4.98 Å². The van der Waals surface area contributed by atoms with Crippen LogP contribution in [0.5, 0.6) is 11.6 Å². The molecule has 0 fully saturated rings. The molecule has 4 aromatic rings. The van der Waals surface area contributed by atoms with E-state index < -0.39 is 0 Å². The third kappa shape index (κ3) is 5.96. The Balaban J connectivity index is 1.40. The van der Waals surface area contributed by atoms with E-state index in [0.29, 0.717) is 30.7 Å². The normalized spacial score (nSPS) is 11.0. The highest BCUT2D eigenvalue weighted by Gasteiger charge is 2.10. The van der Waals surface area contributed by atoms with Gasteiger partial charge in [0.15, 0.2) is 0 Å². The highest BCUT2D eigenvalue weighted by molar-refractivity contribution is 6.31. The second kappa shape index (κ2) is 10.3. The van der Waals surface area contributed by atoms with Crippen molar-refractivity contribution in [3.8, 4) is 11.6 Å². The van der Waals surface area contributed by atoms with E-state index in [1.54, 1.807) is 0 Å². The summed E-state index contributed by atoms with van der Waals surface area (Å²) >= 11 is 6.15. The second-order valence-corrected chi connectivity index (χ2v) is 7.69. The summed E-state index contributed by atoms with van der Waals surface area (Å²) in [5.74, 6) is 1.42. The SMILES string of the molecule is Cn1cc(CCNCc2cc3ccc(Cl)cc3nc2OCCOc2ccccc2)cn1. The number of nitrogens with one attached hydrogen (secondary N) is 1. The Morgan fingerprint density at radius 3 is 2.68 bits per heavy atom. The molecule has 0 radical (unpaired) electrons. The summed E-state index contributed by atoms with van der Waals surface area (Å²) in [6, 6.07) is 17.5. The lowest BCUT2D eigenvalue weighted by Crippen LogP contribution is -2.18. The van der Waals surface area contributed by atoms with Crippen LogP contribution in [0.4, 0.5) is 0 Å². The van der Waals surface area contributed by atoms with Crippen molar-refractivity contribution in [2.45, 2.75) is 13.0 Å². The molecule has 160 valence electrons. The van der Waals surface area contributed by atoms with Crippen LogP contribution in [0, 0.1) is 0 Å². The third-order valence-corrected chi connectivity index (χ3v) is 5.05. The zero-order valence-electron chi connectivity index (χ0n) is 17.4. The van der Waals surface area contributed by atoms with Gasteiger partial charge in [-0.3, -0.25) is 4.68 Å². The van der Waals surface area contributed by atoms with E-state index in [0.717, 1.165) is 35.2 Å². The topological polar surface area (TPSA) is 61.2 Å². The number of para-hydroxylation sites is 1. The molecular formula is C24H25ClN4O2. The standard InChI is InChI=1S/C24H25ClN4O2/c1-29-17-18(15-27-29)9-10-26-16-20-13-19-7-8-21(25)14-23(19)28-24(20)31-12-11-30-22-5-3-2-4-6-22/h2-8,13-15,17,26H,9-12,16H2,1H3. The summed E-state index contributed by atoms with van der Waals surface area (Å²) in [6.07, 6.45) is 4.83. The highest BCUT2D eigenvalue weighted by Crippen LogP contribution is 2.25. The first-order chi connectivity index (χ1) is 15.2. The maximum Gasteiger partial charge on any atom is 0.218 e. The number of hydrogen-bond acceptors (Lipinski definition) is 5. The maximum absolute atomic E-state index is 6.15. The Morgan fingerprint density at radius 1 is 1.03 bits per heavy atom. The summed E-state index contributed by atoms with van der Waals surface area (Å²) in [6.45, 7) is 2.32. The quantitative estimate of drug-likeness (QED) is 0.373. The summed E-state index contributed by atoms with van der Waals surface area (Å²) in [4.78, 5) is 4.71. The zero-order chi connectivity index (χ0) is 21.5. The molecule has 2 aromatic carbocycles. The molecule has 0 saturated carbocycles. The molecule has 0 aliphatic heterocycles. The monoisotopic (exact) mass is 436 g/mol. The van der Waals surface area contributed by atoms with Gasteiger partial charge in [-0.1, -0.05) is 35.9 Å². The molecule has 4 rings (SSSR count). The number of ether oxygens (including phenoxy) is 2. The van der Waals surface area contributed by atoms with Crippen LogP contribution in [0.1, 0.15) is 11.1 Å². The number of halogens is 1. The second-order valence-electron chi connectivity index (χ2n) is 7.25. The molecule has 0 bridgehead atoms. The van der Waals surface area contributed by atoms with Crippen molar-refractivity contribution in [3.63, 3.8) is 0 Å². The molecule has 31 heavy (non-hydrogen) atoms. The van der Waals surface area contributed by atoms with Gasteiger partial charge < -0.3 is 14.8 Å². The number of pyridine rings is 1. The van der Waals surface area contributed by atoms with Crippen molar-refractivity contribution in [1.29, 1.82) is 0 Å². The fourth-order valence-electron chi connectivity index (χ4n) is 3.29. The molecule has 6 nitrogen and oxygen atoms in total. The summed E-state index contributed by atoms with van der Waals surface area (Å²) in [5, 5.41) is 9.37. The van der Waals surface area contributed by atoms with E-state index >= 15 is 0 Å². The van der Waals surface area contributed by atoms with E-state index in [-0.39, 0.29) is 0 Å². The molecule has 0 aliphatic rings. The van der Waals surface area contributed by atoms with Gasteiger partial charge in [0.25, 0.3) is 0 Å². The lowest BCUT2D eigenvalue weighted by atomic mass is 10.1. The maximum atomic E-state index is 6.15. The van der Waals surface area contributed by atoms with Gasteiger partial charge in [0.2, 0.25) is 5.88 Å². The predicted octanol–water partition coefficient (Wildman–Crippen LogP) is 4.41. The number of aromatic nitrogens is 3. The van der Waals surface area contributed by atoms with E-state index in [2.05, 4.69) is 16.5 Å². The minimum absolute atomic E-state index is 0.399. The van der Waals surface area contributed by atoms with Crippen molar-refractivity contribution in [3.05, 3.63) is 83.1 Å². The largest absolute Gasteiger partial charge is 0.490 e. The lowest BCUT2D eigenvalue weighted by Gasteiger charge is -2.13. The van der Waals surface area contributed by atoms with Crippen molar-refractivity contribution >= 4 is 22.5 Å². The van der Waals surface area contributed by atoms with Crippen LogP contribution in [0.2, 0.25) is 5.02 Å². The Hall–Kier alpha value is -3.09. The van der Waals surface area contributed by atoms with Crippen LogP contribution in [0.3, 0.4) is 0 Å². The Labute approximate surface area is 186 Å². The van der Waals surface area contributed by atoms with Crippen molar-refractivity contribution in [2.24, 2.45) is 7.05 Å². The number of aryl methyl sites for hydroxylation is 1. The molecule has 0 atom stereocenters. The number of rotatable bonds is 10. The van der Waals surface area contributed by atoms with Crippen molar-refractivity contribution in [1.82, 2.24) is 20.1 Å². The molecule has 0 amide bonds. The number of benzene rings is 2. The Bertz CT molecular complexity index is 1130. The van der Waals surface area contributed by atoms with Gasteiger partial charge >= 0.3 is 0 Å². The van der Waals surface area contributed by atoms with Gasteiger partial charge in [0.05, 0.1) is 11.7 Å². The number of nitrogens with zero attached hydrogens (tertiary/aromatic N) is 3. The smallest absolute Gasteiger partial charge is 0.218 e. The molecule has 0 aliphatic carbocycles. The van der Waals surface area contributed by atoms with Crippen LogP contribution < -0.4 is 14.8 Å². The van der Waals surface area contributed by atoms with Crippen LogP contribution in [0.25, 0.3) is 10.9 Å². The Kier molecular flexibility index (Phi) is 7.02. The lowest BCUT2D eigenvalue weighted by molar-refractivity contribution is 0.211. The molecule has 2 heterocycles. The molecule has 0 spiro atoms. The Morgan fingerprint density at radius 2 is 1.87 bits per heavy atom. The van der Waals surface area contributed by atoms with Crippen LogP contribution >= 0.6 is 11.6 Å². The third-order valence-electron chi connectivity index (χ3n) is 4.82. The fourth-order valence-corrected chi connectivity index (χ4v) is 3.46. The number of hydrogen-bond donors (Lipinski definition) is 1. The molecule has 7 heteroatoms. The van der Waals surface area contributed by atoms with Gasteiger partial charge in [-0.2, -0.15) is 5.10 Å². The molecule has 0 unspecified atom stereocenters. The summed E-state index contributed by atoms with van der Waals surface area (Å²) < 4.78 is 13.5. The van der Waals surface area contributed by atoms with Gasteiger partial charge in [-0.05, 0) is 48.9 Å². The zero-order valence-corrected chi connectivity index (χ0v) is 18.2. The first kappa shape index (κ1) is 21.2. The van der Waals surface area contributed by atoms with Crippen molar-refractivity contribution < 1.29 is 9.47 Å².